The quantitative estimate of drug-likeness (QED) is 0.0183. The summed E-state index contributed by atoms with van der Waals surface area (Å²) < 4.78 is 31.4. The molecule has 0 bridgehead atoms. The number of unbranched alkanes of at least 4 members (excludes halogenated alkanes) is 3. The Kier molecular flexibility index (Phi) is 26.9. The summed E-state index contributed by atoms with van der Waals surface area (Å²) in [6.45, 7) is 22.4. The van der Waals surface area contributed by atoms with Crippen molar-refractivity contribution in [2.24, 2.45) is 0 Å². The van der Waals surface area contributed by atoms with Crippen molar-refractivity contribution < 1.29 is 33.0 Å². The van der Waals surface area contributed by atoms with Crippen molar-refractivity contribution in [2.45, 2.75) is 192 Å². The van der Waals surface area contributed by atoms with Crippen LogP contribution in [-0.2, 0) is 34.6 Å². The molecule has 1 N–H and O–H groups in total. The maximum absolute atomic E-state index is 14.2. The van der Waals surface area contributed by atoms with Gasteiger partial charge in [-0.3, -0.25) is 4.79 Å². The standard InChI is InChI=1S/C42H53Cl3IN2O7SSi.3C4H9.Sn/c1-10-37(49)54-32(26-52-57(40(5,6)7,33-17-13-11-14-18-33)34-19-15-12-16-20-34)24-36-48-35(27-56-36)29(3)22-31(23-38(50)53-30(4)21-28(2)25-46)47-39(51)55-41(8,9)42(43,44)45;3*1-3-4-2;/h1,10-20,25,27,29-32H,21-24,26H2,2-9H3,(H,47,51);3*1,3-4H2,2H3;/b10-1?,28-25+;;;;/t29-,30-,31+,32-;;;;/m0..../s1. The van der Waals surface area contributed by atoms with E-state index in [2.05, 4.69) is 122 Å². The molecule has 0 aliphatic carbocycles. The second-order valence-electron chi connectivity index (χ2n) is 20.4. The molecule has 4 atom stereocenters. The number of nitrogens with one attached hydrogen (secondary N) is 1. The number of amides is 1. The molecule has 0 aliphatic heterocycles. The molecule has 70 heavy (non-hydrogen) atoms. The Morgan fingerprint density at radius 2 is 1.39 bits per heavy atom. The number of alkyl carbamates (subject to hydrolysis) is 1. The second-order valence-corrected chi connectivity index (χ2v) is 41.6. The number of halogens is 4. The third-order valence-electron chi connectivity index (χ3n) is 12.9. The van der Waals surface area contributed by atoms with Gasteiger partial charge < -0.3 is 14.8 Å². The van der Waals surface area contributed by atoms with E-state index in [9.17, 15) is 14.4 Å². The minimum absolute atomic E-state index is 0.117. The molecule has 1 aromatic heterocycles. The van der Waals surface area contributed by atoms with Gasteiger partial charge in [-0.05, 0) is 31.8 Å². The molecule has 0 radical (unpaired) electrons. The third kappa shape index (κ3) is 19.9. The Morgan fingerprint density at radius 1 is 0.843 bits per heavy atom. The zero-order valence-corrected chi connectivity index (χ0v) is 52.6. The molecule has 0 spiro atoms. The molecular weight excluding hydrogens is 1200 g/mol. The molecule has 3 rings (SSSR count). The number of hydrogen-bond donors (Lipinski definition) is 1. The van der Waals surface area contributed by atoms with Crippen molar-refractivity contribution in [1.29, 1.82) is 0 Å². The molecule has 2 aromatic carbocycles. The molecule has 0 fully saturated rings. The van der Waals surface area contributed by atoms with Gasteiger partial charge in [0, 0.05) is 6.42 Å². The van der Waals surface area contributed by atoms with E-state index in [1.54, 1.807) is 6.08 Å². The fourth-order valence-corrected chi connectivity index (χ4v) is 28.8. The summed E-state index contributed by atoms with van der Waals surface area (Å²) in [6.07, 6.45) is 8.07. The van der Waals surface area contributed by atoms with E-state index >= 15 is 0 Å². The number of carbonyl (C=O) groups excluding carboxylic acids is 3. The van der Waals surface area contributed by atoms with Crippen LogP contribution in [-0.4, -0.2) is 84.0 Å². The molecule has 16 heteroatoms. The van der Waals surface area contributed by atoms with Gasteiger partial charge in [0.2, 0.25) is 3.79 Å². The number of aromatic nitrogens is 1. The number of carbonyl (C=O) groups is 3. The van der Waals surface area contributed by atoms with E-state index in [1.807, 2.05) is 42.4 Å². The van der Waals surface area contributed by atoms with Gasteiger partial charge in [-0.25, -0.2) is 4.79 Å². The van der Waals surface area contributed by atoms with Crippen LogP contribution in [0.4, 0.5) is 4.79 Å². The van der Waals surface area contributed by atoms with E-state index in [-0.39, 0.29) is 36.1 Å². The average Bonchev–Trinajstić information content (AvgIpc) is 3.77. The molecule has 0 saturated heterocycles. The summed E-state index contributed by atoms with van der Waals surface area (Å²) in [5.41, 5.74) is 0.383. The van der Waals surface area contributed by atoms with Crippen LogP contribution in [0.1, 0.15) is 151 Å². The van der Waals surface area contributed by atoms with E-state index in [0.717, 1.165) is 45.9 Å². The van der Waals surface area contributed by atoms with Crippen LogP contribution >= 0.6 is 68.7 Å². The van der Waals surface area contributed by atoms with Crippen molar-refractivity contribution in [3.05, 3.63) is 96.6 Å². The number of esters is 2. The Labute approximate surface area is 458 Å². The van der Waals surface area contributed by atoms with Crippen LogP contribution in [0.5, 0.6) is 0 Å². The van der Waals surface area contributed by atoms with Crippen LogP contribution in [0, 0.1) is 0 Å². The summed E-state index contributed by atoms with van der Waals surface area (Å²) >= 11 is 19.2. The fraction of sp³-hybridized carbons (Fsp3) is 0.593. The Hall–Kier alpha value is -1.66. The first-order valence-corrected chi connectivity index (χ1v) is 37.9. The molecule has 3 aromatic rings. The van der Waals surface area contributed by atoms with Gasteiger partial charge in [0.15, 0.2) is 5.60 Å². The van der Waals surface area contributed by atoms with E-state index in [0.29, 0.717) is 19.3 Å². The molecule has 9 nitrogen and oxygen atoms in total. The van der Waals surface area contributed by atoms with Crippen molar-refractivity contribution in [1.82, 2.24) is 10.3 Å². The number of rotatable bonds is 29. The Bertz CT molecular complexity index is 2060. The molecule has 1 amide bonds. The van der Waals surface area contributed by atoms with Crippen molar-refractivity contribution in [3.8, 4) is 0 Å². The zero-order valence-electron chi connectivity index (χ0n) is 43.5. The van der Waals surface area contributed by atoms with Crippen molar-refractivity contribution >= 4 is 124 Å². The first kappa shape index (κ1) is 62.6. The molecule has 0 unspecified atom stereocenters. The number of benzene rings is 2. The van der Waals surface area contributed by atoms with E-state index in [4.69, 9.17) is 58.4 Å². The predicted molar refractivity (Wildman–Crippen MR) is 307 cm³/mol. The number of nitrogens with zero attached hydrogens (tertiary/aromatic N) is 1. The molecule has 390 valence electrons. The van der Waals surface area contributed by atoms with Crippen LogP contribution in [0.2, 0.25) is 18.3 Å². The number of ether oxygens (including phenoxy) is 3. The fourth-order valence-electron chi connectivity index (χ4n) is 8.85. The predicted octanol–water partition coefficient (Wildman–Crippen LogP) is 14.9. The SMILES string of the molecule is CCC[CH2][Sn](/[CH]=C\C(=O)O[C@H](CO[Si](c1ccccc1)(c1ccccc1)C(C)(C)C)Cc1nc([C@@H](C)C[C@H](CC(=O)O[C@@H](C)C/C(C)=C/I)NC(=O)OC(C)(C)C(Cl)(Cl)Cl)cs1)([CH2]CCC)[CH2]CCC. The molecule has 0 saturated carbocycles. The van der Waals surface area contributed by atoms with Gasteiger partial charge in [0.25, 0.3) is 0 Å². The summed E-state index contributed by atoms with van der Waals surface area (Å²) in [5, 5.41) is 7.59. The average molecular weight is 1280 g/mol. The first-order chi connectivity index (χ1) is 32.9. The van der Waals surface area contributed by atoms with E-state index in [1.165, 1.54) is 57.8 Å². The normalized spacial score (nSPS) is 14.8. The zero-order chi connectivity index (χ0) is 52.2. The minimum atomic E-state index is -3.00. The van der Waals surface area contributed by atoms with Crippen molar-refractivity contribution in [2.75, 3.05) is 6.61 Å². The van der Waals surface area contributed by atoms with Gasteiger partial charge in [-0.1, -0.05) is 63.0 Å². The van der Waals surface area contributed by atoms with Crippen LogP contribution < -0.4 is 15.7 Å². The van der Waals surface area contributed by atoms with Crippen LogP contribution in [0.3, 0.4) is 0 Å². The van der Waals surface area contributed by atoms with Crippen molar-refractivity contribution in [3.63, 3.8) is 0 Å². The Morgan fingerprint density at radius 3 is 1.87 bits per heavy atom. The molecule has 1 heterocycles. The topological polar surface area (TPSA) is 113 Å². The van der Waals surface area contributed by atoms with Gasteiger partial charge in [0.05, 0.1) is 6.42 Å². The summed E-state index contributed by atoms with van der Waals surface area (Å²) in [4.78, 5) is 46.0. The summed E-state index contributed by atoms with van der Waals surface area (Å²) in [6, 6.07) is 20.2. The first-order valence-electron chi connectivity index (χ1n) is 25.0. The second kappa shape index (κ2) is 30.0. The number of hydrogen-bond acceptors (Lipinski definition) is 9. The number of thiazole rings is 1. The van der Waals surface area contributed by atoms with Crippen LogP contribution in [0.15, 0.2) is 85.9 Å². The van der Waals surface area contributed by atoms with Gasteiger partial charge >= 0.3 is 315 Å². The van der Waals surface area contributed by atoms with Crippen LogP contribution in [0.25, 0.3) is 0 Å². The molecular formula is C54H80Cl3IN2O7SSiSn. The Balaban J connectivity index is 2.02. The van der Waals surface area contributed by atoms with Gasteiger partial charge in [0.1, 0.15) is 6.10 Å². The summed E-state index contributed by atoms with van der Waals surface area (Å²) in [5.74, 6) is -1.03. The third-order valence-corrected chi connectivity index (χ3v) is 35.2. The molecule has 0 aliphatic rings. The summed E-state index contributed by atoms with van der Waals surface area (Å²) in [7, 11) is -3.00. The number of alkyl halides is 3. The maximum atomic E-state index is 14.2. The van der Waals surface area contributed by atoms with Gasteiger partial charge in [-0.15, -0.1) is 0 Å². The van der Waals surface area contributed by atoms with Gasteiger partial charge in [-0.2, -0.15) is 0 Å². The monoisotopic (exact) mass is 1280 g/mol. The van der Waals surface area contributed by atoms with E-state index < -0.39 is 60.3 Å².